The summed E-state index contributed by atoms with van der Waals surface area (Å²) in [6.45, 7) is 3.77. The summed E-state index contributed by atoms with van der Waals surface area (Å²) in [5.74, 6) is 0. The van der Waals surface area contributed by atoms with Crippen LogP contribution in [0.15, 0.2) is 18.2 Å². The van der Waals surface area contributed by atoms with Crippen LogP contribution in [0.1, 0.15) is 24.9 Å². The third-order valence-corrected chi connectivity index (χ3v) is 4.07. The highest BCUT2D eigenvalue weighted by Gasteiger charge is 2.21. The molecule has 18 heavy (non-hydrogen) atoms. The van der Waals surface area contributed by atoms with E-state index in [9.17, 15) is 0 Å². The first-order valence-electron chi connectivity index (χ1n) is 6.40. The second-order valence-electron chi connectivity index (χ2n) is 4.84. The summed E-state index contributed by atoms with van der Waals surface area (Å²) in [7, 11) is 4.04. The maximum absolute atomic E-state index is 6.36. The van der Waals surface area contributed by atoms with Crippen molar-refractivity contribution >= 4 is 17.3 Å². The second kappa shape index (κ2) is 5.91. The van der Waals surface area contributed by atoms with Crippen molar-refractivity contribution in [3.05, 3.63) is 28.8 Å². The fraction of sp³-hybridized carbons (Fsp3) is 0.571. The third kappa shape index (κ3) is 2.79. The minimum atomic E-state index is 0.270. The highest BCUT2D eigenvalue weighted by molar-refractivity contribution is 6.31. The van der Waals surface area contributed by atoms with Gasteiger partial charge in [0.05, 0.1) is 12.6 Å². The Balaban J connectivity index is 2.17. The lowest BCUT2D eigenvalue weighted by Crippen LogP contribution is -2.31. The molecular formula is C14H21ClN2O. The van der Waals surface area contributed by atoms with Crippen LogP contribution in [0.5, 0.6) is 0 Å². The number of hydrogen-bond acceptors (Lipinski definition) is 3. The van der Waals surface area contributed by atoms with E-state index in [1.807, 2.05) is 13.1 Å². The molecule has 0 saturated carbocycles. The van der Waals surface area contributed by atoms with Gasteiger partial charge < -0.3 is 15.0 Å². The first-order valence-corrected chi connectivity index (χ1v) is 6.78. The summed E-state index contributed by atoms with van der Waals surface area (Å²) in [6, 6.07) is 7.02. The van der Waals surface area contributed by atoms with Crippen molar-refractivity contribution in [3.63, 3.8) is 0 Å². The van der Waals surface area contributed by atoms with Crippen molar-refractivity contribution in [2.24, 2.45) is 0 Å². The van der Waals surface area contributed by atoms with Gasteiger partial charge in [-0.3, -0.25) is 0 Å². The van der Waals surface area contributed by atoms with Gasteiger partial charge in [0, 0.05) is 30.4 Å². The predicted octanol–water partition coefficient (Wildman–Crippen LogP) is 2.85. The third-order valence-electron chi connectivity index (χ3n) is 3.74. The summed E-state index contributed by atoms with van der Waals surface area (Å²) in [5, 5.41) is 4.03. The number of hydrogen-bond donors (Lipinski definition) is 1. The summed E-state index contributed by atoms with van der Waals surface area (Å²) in [4.78, 5) is 2.26. The molecule has 100 valence electrons. The van der Waals surface area contributed by atoms with Gasteiger partial charge in [0.15, 0.2) is 0 Å². The van der Waals surface area contributed by atoms with Gasteiger partial charge in [-0.2, -0.15) is 0 Å². The van der Waals surface area contributed by atoms with Gasteiger partial charge in [-0.1, -0.05) is 17.7 Å². The normalized spacial score (nSPS) is 21.0. The average molecular weight is 269 g/mol. The fourth-order valence-corrected chi connectivity index (χ4v) is 2.62. The van der Waals surface area contributed by atoms with Crippen LogP contribution in [-0.2, 0) is 4.74 Å². The number of halogens is 1. The van der Waals surface area contributed by atoms with E-state index in [1.54, 1.807) is 0 Å². The Kier molecular flexibility index (Phi) is 4.49. The molecule has 1 aliphatic heterocycles. The summed E-state index contributed by atoms with van der Waals surface area (Å²) in [6.07, 6.45) is 1.09. The van der Waals surface area contributed by atoms with E-state index < -0.39 is 0 Å². The fourth-order valence-electron chi connectivity index (χ4n) is 2.28. The maximum Gasteiger partial charge on any atom is 0.0670 e. The molecule has 1 heterocycles. The summed E-state index contributed by atoms with van der Waals surface area (Å²) >= 11 is 6.36. The van der Waals surface area contributed by atoms with E-state index in [1.165, 1.54) is 0 Å². The lowest BCUT2D eigenvalue weighted by atomic mass is 10.1. The van der Waals surface area contributed by atoms with Gasteiger partial charge in [0.2, 0.25) is 0 Å². The molecule has 0 aliphatic carbocycles. The monoisotopic (exact) mass is 268 g/mol. The minimum Gasteiger partial charge on any atom is -0.379 e. The van der Waals surface area contributed by atoms with Gasteiger partial charge in [-0.15, -0.1) is 0 Å². The number of rotatable bonds is 4. The standard InChI is InChI=1S/C14H21ClN2O/c1-10(16-2)13-5-4-11(8-14(13)15)17(3)12-6-7-18-9-12/h4-5,8,10,12,16H,6-7,9H2,1-3H3. The molecule has 1 fully saturated rings. The highest BCUT2D eigenvalue weighted by Crippen LogP contribution is 2.29. The Bertz CT molecular complexity index is 405. The van der Waals surface area contributed by atoms with Crippen molar-refractivity contribution in [1.29, 1.82) is 0 Å². The summed E-state index contributed by atoms with van der Waals surface area (Å²) < 4.78 is 5.42. The molecule has 4 heteroatoms. The number of benzene rings is 1. The van der Waals surface area contributed by atoms with Crippen LogP contribution in [-0.4, -0.2) is 33.4 Å². The number of nitrogens with zero attached hydrogens (tertiary/aromatic N) is 1. The maximum atomic E-state index is 6.36. The van der Waals surface area contributed by atoms with E-state index in [2.05, 4.69) is 36.3 Å². The van der Waals surface area contributed by atoms with E-state index in [-0.39, 0.29) is 6.04 Å². The molecule has 1 aromatic rings. The number of nitrogens with one attached hydrogen (secondary N) is 1. The first-order chi connectivity index (χ1) is 8.63. The SMILES string of the molecule is CNC(C)c1ccc(N(C)C2CCOC2)cc1Cl. The van der Waals surface area contributed by atoms with Gasteiger partial charge in [-0.05, 0) is 38.1 Å². The molecule has 0 spiro atoms. The van der Waals surface area contributed by atoms with Crippen LogP contribution < -0.4 is 10.2 Å². The van der Waals surface area contributed by atoms with E-state index >= 15 is 0 Å². The molecule has 1 aromatic carbocycles. The van der Waals surface area contributed by atoms with Crippen LogP contribution in [0, 0.1) is 0 Å². The van der Waals surface area contributed by atoms with Crippen LogP contribution in [0.2, 0.25) is 5.02 Å². The number of ether oxygens (including phenoxy) is 1. The molecular weight excluding hydrogens is 248 g/mol. The zero-order valence-electron chi connectivity index (χ0n) is 11.2. The Morgan fingerprint density at radius 2 is 2.28 bits per heavy atom. The first kappa shape index (κ1) is 13.7. The topological polar surface area (TPSA) is 24.5 Å². The second-order valence-corrected chi connectivity index (χ2v) is 5.25. The van der Waals surface area contributed by atoms with Gasteiger partial charge >= 0.3 is 0 Å². The van der Waals surface area contributed by atoms with E-state index in [0.29, 0.717) is 6.04 Å². The van der Waals surface area contributed by atoms with Crippen molar-refractivity contribution in [2.45, 2.75) is 25.4 Å². The van der Waals surface area contributed by atoms with Crippen molar-refractivity contribution in [1.82, 2.24) is 5.32 Å². The molecule has 1 saturated heterocycles. The Hall–Kier alpha value is -0.770. The number of likely N-dealkylation sites (N-methyl/N-ethyl adjacent to an activating group) is 1. The molecule has 0 bridgehead atoms. The van der Waals surface area contributed by atoms with Crippen LogP contribution in [0.4, 0.5) is 5.69 Å². The molecule has 0 radical (unpaired) electrons. The lowest BCUT2D eigenvalue weighted by Gasteiger charge is -2.26. The minimum absolute atomic E-state index is 0.270. The van der Waals surface area contributed by atoms with Crippen molar-refractivity contribution in [2.75, 3.05) is 32.2 Å². The zero-order chi connectivity index (χ0) is 13.1. The molecule has 3 nitrogen and oxygen atoms in total. The number of anilines is 1. The molecule has 2 rings (SSSR count). The van der Waals surface area contributed by atoms with Crippen molar-refractivity contribution in [3.8, 4) is 0 Å². The quantitative estimate of drug-likeness (QED) is 0.909. The Morgan fingerprint density at radius 3 is 2.83 bits per heavy atom. The molecule has 1 aliphatic rings. The highest BCUT2D eigenvalue weighted by atomic mass is 35.5. The Morgan fingerprint density at radius 1 is 1.50 bits per heavy atom. The van der Waals surface area contributed by atoms with Crippen LogP contribution in [0.3, 0.4) is 0 Å². The van der Waals surface area contributed by atoms with Crippen LogP contribution >= 0.6 is 11.6 Å². The molecule has 1 N–H and O–H groups in total. The molecule has 2 unspecified atom stereocenters. The largest absolute Gasteiger partial charge is 0.379 e. The molecule has 0 amide bonds. The zero-order valence-corrected chi connectivity index (χ0v) is 12.0. The lowest BCUT2D eigenvalue weighted by molar-refractivity contribution is 0.193. The van der Waals surface area contributed by atoms with E-state index in [0.717, 1.165) is 35.9 Å². The van der Waals surface area contributed by atoms with E-state index in [4.69, 9.17) is 16.3 Å². The van der Waals surface area contributed by atoms with Gasteiger partial charge in [-0.25, -0.2) is 0 Å². The predicted molar refractivity (Wildman–Crippen MR) is 76.6 cm³/mol. The molecule has 2 atom stereocenters. The van der Waals surface area contributed by atoms with Gasteiger partial charge in [0.1, 0.15) is 0 Å². The van der Waals surface area contributed by atoms with Crippen LogP contribution in [0.25, 0.3) is 0 Å². The smallest absolute Gasteiger partial charge is 0.0670 e. The molecule has 0 aromatic heterocycles. The average Bonchev–Trinajstić information content (AvgIpc) is 2.90. The van der Waals surface area contributed by atoms with Crippen molar-refractivity contribution < 1.29 is 4.74 Å². The Labute approximate surface area is 114 Å². The van der Waals surface area contributed by atoms with Gasteiger partial charge in [0.25, 0.3) is 0 Å². The summed E-state index contributed by atoms with van der Waals surface area (Å²) in [5.41, 5.74) is 2.29.